The van der Waals surface area contributed by atoms with Crippen LogP contribution in [0.4, 0.5) is 4.39 Å². The van der Waals surface area contributed by atoms with Gasteiger partial charge in [0.15, 0.2) is 0 Å². The Morgan fingerprint density at radius 1 is 0.969 bits per heavy atom. The van der Waals surface area contributed by atoms with Crippen molar-refractivity contribution in [2.45, 2.75) is 26.3 Å². The van der Waals surface area contributed by atoms with Crippen LogP contribution in [0.2, 0.25) is 5.02 Å². The van der Waals surface area contributed by atoms with Gasteiger partial charge in [-0.3, -0.25) is 4.79 Å². The predicted octanol–water partition coefficient (Wildman–Crippen LogP) is 5.55. The van der Waals surface area contributed by atoms with E-state index in [-0.39, 0.29) is 23.7 Å². The van der Waals surface area contributed by atoms with Crippen molar-refractivity contribution in [3.63, 3.8) is 0 Å². The maximum atomic E-state index is 13.7. The Kier molecular flexibility index (Phi) is 6.37. The fraction of sp³-hybridized carbons (Fsp3) is 0.154. The molecule has 0 amide bonds. The van der Waals surface area contributed by atoms with E-state index < -0.39 is 0 Å². The van der Waals surface area contributed by atoms with Crippen LogP contribution in [0.5, 0.6) is 5.75 Å². The highest BCUT2D eigenvalue weighted by molar-refractivity contribution is 6.30. The Labute approximate surface area is 190 Å². The number of aromatic nitrogens is 2. The van der Waals surface area contributed by atoms with Gasteiger partial charge in [-0.05, 0) is 61.2 Å². The van der Waals surface area contributed by atoms with Crippen molar-refractivity contribution in [1.82, 2.24) is 9.78 Å². The van der Waals surface area contributed by atoms with Gasteiger partial charge in [0, 0.05) is 21.7 Å². The third kappa shape index (κ3) is 4.73. The Morgan fingerprint density at radius 3 is 2.47 bits per heavy atom. The molecule has 0 bridgehead atoms. The van der Waals surface area contributed by atoms with Crippen LogP contribution >= 0.6 is 11.6 Å². The summed E-state index contributed by atoms with van der Waals surface area (Å²) in [5, 5.41) is 15.6. The van der Waals surface area contributed by atoms with Gasteiger partial charge in [0.2, 0.25) is 0 Å². The van der Waals surface area contributed by atoms with Gasteiger partial charge in [-0.15, -0.1) is 0 Å². The number of aromatic hydroxyl groups is 1. The number of para-hydroxylation sites is 1. The summed E-state index contributed by atoms with van der Waals surface area (Å²) in [6, 6.07) is 20.5. The van der Waals surface area contributed by atoms with Gasteiger partial charge in [-0.25, -0.2) is 9.07 Å². The quantitative estimate of drug-likeness (QED) is 0.420. The van der Waals surface area contributed by atoms with Gasteiger partial charge >= 0.3 is 0 Å². The molecule has 0 fully saturated rings. The van der Waals surface area contributed by atoms with Gasteiger partial charge in [0.25, 0.3) is 5.56 Å². The molecule has 0 spiro atoms. The average Bonchev–Trinajstić information content (AvgIpc) is 2.76. The van der Waals surface area contributed by atoms with Crippen molar-refractivity contribution in [2.75, 3.05) is 0 Å². The third-order valence-corrected chi connectivity index (χ3v) is 5.61. The van der Waals surface area contributed by atoms with Crippen molar-refractivity contribution in [1.29, 1.82) is 0 Å². The highest BCUT2D eigenvalue weighted by Gasteiger charge is 2.19. The SMILES string of the molecule is Cc1nn(Cc2cccc(Cl)c2)c(=O)c(CCc2cccc(F)c2)c1-c1ccccc1O. The van der Waals surface area contributed by atoms with E-state index in [1.807, 2.05) is 31.2 Å². The monoisotopic (exact) mass is 448 g/mol. The van der Waals surface area contributed by atoms with Gasteiger partial charge in [-0.1, -0.05) is 54.1 Å². The van der Waals surface area contributed by atoms with Crippen molar-refractivity contribution in [2.24, 2.45) is 0 Å². The molecule has 0 unspecified atom stereocenters. The van der Waals surface area contributed by atoms with Crippen LogP contribution in [0.15, 0.2) is 77.6 Å². The lowest BCUT2D eigenvalue weighted by atomic mass is 9.94. The molecular weight excluding hydrogens is 427 g/mol. The summed E-state index contributed by atoms with van der Waals surface area (Å²) >= 11 is 6.10. The summed E-state index contributed by atoms with van der Waals surface area (Å²) < 4.78 is 15.1. The van der Waals surface area contributed by atoms with Crippen LogP contribution in [0.3, 0.4) is 0 Å². The minimum absolute atomic E-state index is 0.0800. The van der Waals surface area contributed by atoms with E-state index in [0.29, 0.717) is 40.2 Å². The first-order valence-corrected chi connectivity index (χ1v) is 10.7. The highest BCUT2D eigenvalue weighted by Crippen LogP contribution is 2.32. The molecule has 0 radical (unpaired) electrons. The summed E-state index contributed by atoms with van der Waals surface area (Å²) in [6.07, 6.45) is 0.860. The largest absolute Gasteiger partial charge is 0.507 e. The topological polar surface area (TPSA) is 55.1 Å². The number of phenols is 1. The third-order valence-electron chi connectivity index (χ3n) is 5.37. The minimum Gasteiger partial charge on any atom is -0.507 e. The fourth-order valence-electron chi connectivity index (χ4n) is 3.91. The molecule has 0 saturated carbocycles. The Morgan fingerprint density at radius 2 is 1.72 bits per heavy atom. The van der Waals surface area contributed by atoms with Crippen molar-refractivity contribution < 1.29 is 9.50 Å². The van der Waals surface area contributed by atoms with E-state index in [4.69, 9.17) is 11.6 Å². The lowest BCUT2D eigenvalue weighted by Crippen LogP contribution is -2.29. The maximum Gasteiger partial charge on any atom is 0.270 e. The zero-order valence-corrected chi connectivity index (χ0v) is 18.3. The molecular formula is C26H22ClFN2O2. The lowest BCUT2D eigenvalue weighted by Gasteiger charge is -2.16. The van der Waals surface area contributed by atoms with Crippen LogP contribution < -0.4 is 5.56 Å². The van der Waals surface area contributed by atoms with E-state index in [1.165, 1.54) is 16.8 Å². The molecule has 0 aliphatic heterocycles. The van der Waals surface area contributed by atoms with E-state index >= 15 is 0 Å². The molecule has 3 aromatic carbocycles. The zero-order valence-electron chi connectivity index (χ0n) is 17.6. The smallest absolute Gasteiger partial charge is 0.270 e. The molecule has 0 atom stereocenters. The minimum atomic E-state index is -0.312. The molecule has 1 aromatic heterocycles. The standard InChI is InChI=1S/C26H22ClFN2O2/c1-17-25(22-10-2-3-11-24(22)31)23(13-12-18-6-5-9-21(28)15-18)26(32)30(29-17)16-19-7-4-8-20(27)14-19/h2-11,14-15,31H,12-13,16H2,1H3. The first-order valence-electron chi connectivity index (χ1n) is 10.3. The molecule has 0 aliphatic rings. The van der Waals surface area contributed by atoms with Gasteiger partial charge in [0.1, 0.15) is 11.6 Å². The zero-order chi connectivity index (χ0) is 22.7. The number of hydrogen-bond acceptors (Lipinski definition) is 3. The van der Waals surface area contributed by atoms with Gasteiger partial charge in [0.05, 0.1) is 12.2 Å². The molecule has 1 N–H and O–H groups in total. The van der Waals surface area contributed by atoms with Gasteiger partial charge in [-0.2, -0.15) is 5.10 Å². The summed E-state index contributed by atoms with van der Waals surface area (Å²) in [5.41, 5.74) is 3.74. The lowest BCUT2D eigenvalue weighted by molar-refractivity contribution is 0.477. The van der Waals surface area contributed by atoms with Crippen LogP contribution in [-0.2, 0) is 19.4 Å². The Bertz CT molecular complexity index is 1330. The van der Waals surface area contributed by atoms with Crippen LogP contribution in [0.1, 0.15) is 22.4 Å². The molecule has 0 aliphatic carbocycles. The number of nitrogens with zero attached hydrogens (tertiary/aromatic N) is 2. The number of benzene rings is 3. The maximum absolute atomic E-state index is 13.7. The molecule has 4 nitrogen and oxygen atoms in total. The second-order valence-electron chi connectivity index (χ2n) is 7.68. The number of phenolic OH excluding ortho intramolecular Hbond substituents is 1. The molecule has 0 saturated heterocycles. The van der Waals surface area contributed by atoms with Crippen LogP contribution in [0, 0.1) is 12.7 Å². The highest BCUT2D eigenvalue weighted by atomic mass is 35.5. The predicted molar refractivity (Wildman–Crippen MR) is 125 cm³/mol. The first-order chi connectivity index (χ1) is 15.4. The molecule has 4 aromatic rings. The molecule has 162 valence electrons. The summed E-state index contributed by atoms with van der Waals surface area (Å²) in [6.45, 7) is 2.09. The summed E-state index contributed by atoms with van der Waals surface area (Å²) in [5.74, 6) is -0.232. The number of aryl methyl sites for hydroxylation is 2. The summed E-state index contributed by atoms with van der Waals surface area (Å²) in [4.78, 5) is 13.5. The summed E-state index contributed by atoms with van der Waals surface area (Å²) in [7, 11) is 0. The second kappa shape index (κ2) is 9.37. The van der Waals surface area contributed by atoms with E-state index in [1.54, 1.807) is 36.4 Å². The van der Waals surface area contributed by atoms with E-state index in [2.05, 4.69) is 5.10 Å². The molecule has 4 rings (SSSR count). The molecule has 6 heteroatoms. The number of rotatable bonds is 6. The van der Waals surface area contributed by atoms with E-state index in [9.17, 15) is 14.3 Å². The number of hydrogen-bond donors (Lipinski definition) is 1. The van der Waals surface area contributed by atoms with Crippen molar-refractivity contribution in [3.05, 3.63) is 116 Å². The van der Waals surface area contributed by atoms with Crippen LogP contribution in [-0.4, -0.2) is 14.9 Å². The number of halogens is 2. The van der Waals surface area contributed by atoms with Crippen molar-refractivity contribution >= 4 is 11.6 Å². The normalized spacial score (nSPS) is 11.0. The molecule has 32 heavy (non-hydrogen) atoms. The average molecular weight is 449 g/mol. The van der Waals surface area contributed by atoms with Gasteiger partial charge < -0.3 is 5.11 Å². The Balaban J connectivity index is 1.81. The Hall–Kier alpha value is -3.44. The van der Waals surface area contributed by atoms with Crippen LogP contribution in [0.25, 0.3) is 11.1 Å². The van der Waals surface area contributed by atoms with Crippen molar-refractivity contribution in [3.8, 4) is 16.9 Å². The molecule has 1 heterocycles. The van der Waals surface area contributed by atoms with E-state index in [0.717, 1.165) is 11.1 Å². The second-order valence-corrected chi connectivity index (χ2v) is 8.12. The first kappa shape index (κ1) is 21.8. The fourth-order valence-corrected chi connectivity index (χ4v) is 4.12.